The highest BCUT2D eigenvalue weighted by molar-refractivity contribution is 9.10. The zero-order valence-corrected chi connectivity index (χ0v) is 10.9. The first-order chi connectivity index (χ1) is 7.54. The molecule has 1 aromatic carbocycles. The van der Waals surface area contributed by atoms with Crippen LogP contribution in [-0.2, 0) is 11.3 Å². The lowest BCUT2D eigenvalue weighted by Crippen LogP contribution is -2.30. The summed E-state index contributed by atoms with van der Waals surface area (Å²) in [6.45, 7) is 2.35. The molecule has 0 saturated carbocycles. The molecule has 0 spiro atoms. The van der Waals surface area contributed by atoms with E-state index in [9.17, 15) is 4.79 Å². The molecule has 0 aromatic heterocycles. The van der Waals surface area contributed by atoms with Gasteiger partial charge in [-0.15, -0.1) is 0 Å². The highest BCUT2D eigenvalue weighted by Crippen LogP contribution is 2.23. The van der Waals surface area contributed by atoms with E-state index in [4.69, 9.17) is 10.5 Å². The van der Waals surface area contributed by atoms with E-state index in [1.54, 1.807) is 13.0 Å². The predicted octanol–water partition coefficient (Wildman–Crippen LogP) is 1.42. The van der Waals surface area contributed by atoms with Gasteiger partial charge in [0.25, 0.3) is 5.91 Å². The second kappa shape index (κ2) is 5.86. The molecular weight excluding hydrogens is 272 g/mol. The highest BCUT2D eigenvalue weighted by atomic mass is 79.9. The van der Waals surface area contributed by atoms with Crippen molar-refractivity contribution in [1.29, 1.82) is 0 Å². The third-order valence-electron chi connectivity index (χ3n) is 2.10. The molecule has 16 heavy (non-hydrogen) atoms. The van der Waals surface area contributed by atoms with Gasteiger partial charge in [0.1, 0.15) is 5.75 Å². The van der Waals surface area contributed by atoms with Crippen LogP contribution in [0.2, 0.25) is 0 Å². The summed E-state index contributed by atoms with van der Waals surface area (Å²) in [5, 5.41) is 3.05. The maximum Gasteiger partial charge on any atom is 0.258 e. The maximum absolute atomic E-state index is 10.9. The molecule has 0 saturated heterocycles. The van der Waals surface area contributed by atoms with Crippen LogP contribution in [0.5, 0.6) is 5.75 Å². The number of benzene rings is 1. The summed E-state index contributed by atoms with van der Waals surface area (Å²) in [6.07, 6.45) is -0.622. The molecule has 1 aromatic rings. The fourth-order valence-corrected chi connectivity index (χ4v) is 1.60. The molecule has 1 amide bonds. The van der Waals surface area contributed by atoms with Crippen LogP contribution in [0, 0.1) is 0 Å². The Labute approximate surface area is 103 Å². The number of primary amides is 1. The van der Waals surface area contributed by atoms with E-state index in [0.29, 0.717) is 5.75 Å². The molecule has 1 atom stereocenters. The summed E-state index contributed by atoms with van der Waals surface area (Å²) in [4.78, 5) is 10.9. The first-order valence-corrected chi connectivity index (χ1v) is 5.73. The molecule has 0 heterocycles. The van der Waals surface area contributed by atoms with Crippen LogP contribution in [0.4, 0.5) is 0 Å². The topological polar surface area (TPSA) is 64.3 Å². The van der Waals surface area contributed by atoms with Crippen molar-refractivity contribution in [3.63, 3.8) is 0 Å². The zero-order chi connectivity index (χ0) is 12.1. The Morgan fingerprint density at radius 3 is 2.88 bits per heavy atom. The summed E-state index contributed by atoms with van der Waals surface area (Å²) < 4.78 is 6.40. The van der Waals surface area contributed by atoms with Crippen LogP contribution in [0.1, 0.15) is 12.5 Å². The molecule has 0 aliphatic rings. The molecule has 0 fully saturated rings. The van der Waals surface area contributed by atoms with Gasteiger partial charge in [-0.1, -0.05) is 15.9 Å². The second-order valence-corrected chi connectivity index (χ2v) is 4.30. The van der Waals surface area contributed by atoms with Crippen LogP contribution in [0.25, 0.3) is 0 Å². The van der Waals surface area contributed by atoms with Crippen molar-refractivity contribution in [3.8, 4) is 5.75 Å². The van der Waals surface area contributed by atoms with Gasteiger partial charge in [-0.25, -0.2) is 0 Å². The molecule has 0 aliphatic carbocycles. The van der Waals surface area contributed by atoms with Crippen LogP contribution in [-0.4, -0.2) is 19.1 Å². The Morgan fingerprint density at radius 1 is 1.62 bits per heavy atom. The number of rotatable bonds is 5. The molecule has 1 unspecified atom stereocenters. The number of carbonyl (C=O) groups is 1. The van der Waals surface area contributed by atoms with E-state index < -0.39 is 12.0 Å². The Kier molecular flexibility index (Phi) is 4.76. The lowest BCUT2D eigenvalue weighted by molar-refractivity contribution is -0.123. The van der Waals surface area contributed by atoms with E-state index >= 15 is 0 Å². The van der Waals surface area contributed by atoms with E-state index in [-0.39, 0.29) is 0 Å². The Morgan fingerprint density at radius 2 is 2.31 bits per heavy atom. The van der Waals surface area contributed by atoms with E-state index in [2.05, 4.69) is 21.2 Å². The normalized spacial score (nSPS) is 12.2. The third-order valence-corrected chi connectivity index (χ3v) is 2.87. The highest BCUT2D eigenvalue weighted by Gasteiger charge is 2.11. The summed E-state index contributed by atoms with van der Waals surface area (Å²) >= 11 is 3.44. The van der Waals surface area contributed by atoms with Gasteiger partial charge in [0.15, 0.2) is 6.10 Å². The quantitative estimate of drug-likeness (QED) is 0.861. The summed E-state index contributed by atoms with van der Waals surface area (Å²) in [5.41, 5.74) is 6.19. The maximum atomic E-state index is 10.9. The second-order valence-electron chi connectivity index (χ2n) is 3.45. The van der Waals surface area contributed by atoms with Gasteiger partial charge in [-0.2, -0.15) is 0 Å². The van der Waals surface area contributed by atoms with Gasteiger partial charge in [-0.05, 0) is 37.7 Å². The Hall–Kier alpha value is -1.07. The first kappa shape index (κ1) is 13.0. The zero-order valence-electron chi connectivity index (χ0n) is 9.29. The third kappa shape index (κ3) is 3.50. The van der Waals surface area contributed by atoms with E-state index in [1.807, 2.05) is 19.2 Å². The molecular formula is C11H15BrN2O2. The summed E-state index contributed by atoms with van der Waals surface area (Å²) in [6, 6.07) is 5.55. The molecule has 1 rings (SSSR count). The standard InChI is InChI=1S/C11H15BrN2O2/c1-7(11(13)15)16-9-3-4-10(12)8(5-9)6-14-2/h3-5,7,14H,6H2,1-2H3,(H2,13,15). The number of carbonyl (C=O) groups excluding carboxylic acids is 1. The number of hydrogen-bond acceptors (Lipinski definition) is 3. The fourth-order valence-electron chi connectivity index (χ4n) is 1.21. The van der Waals surface area contributed by atoms with E-state index in [0.717, 1.165) is 16.6 Å². The van der Waals surface area contributed by atoms with Crippen LogP contribution in [0.3, 0.4) is 0 Å². The summed E-state index contributed by atoms with van der Waals surface area (Å²) in [7, 11) is 1.87. The molecule has 0 bridgehead atoms. The fraction of sp³-hybridized carbons (Fsp3) is 0.364. The lowest BCUT2D eigenvalue weighted by atomic mass is 10.2. The van der Waals surface area contributed by atoms with Gasteiger partial charge < -0.3 is 15.8 Å². The van der Waals surface area contributed by atoms with Crippen molar-refractivity contribution in [2.45, 2.75) is 19.6 Å². The smallest absolute Gasteiger partial charge is 0.258 e. The number of halogens is 1. The monoisotopic (exact) mass is 286 g/mol. The minimum Gasteiger partial charge on any atom is -0.481 e. The first-order valence-electron chi connectivity index (χ1n) is 4.93. The van der Waals surface area contributed by atoms with Gasteiger partial charge >= 0.3 is 0 Å². The minimum atomic E-state index is -0.622. The van der Waals surface area contributed by atoms with Crippen molar-refractivity contribution >= 4 is 21.8 Å². The van der Waals surface area contributed by atoms with Crippen LogP contribution >= 0.6 is 15.9 Å². The number of amides is 1. The average molecular weight is 287 g/mol. The predicted molar refractivity (Wildman–Crippen MR) is 66.2 cm³/mol. The van der Waals surface area contributed by atoms with Crippen LogP contribution < -0.4 is 15.8 Å². The number of nitrogens with one attached hydrogen (secondary N) is 1. The molecule has 88 valence electrons. The van der Waals surface area contributed by atoms with Crippen molar-refractivity contribution in [1.82, 2.24) is 5.32 Å². The van der Waals surface area contributed by atoms with Crippen LogP contribution in [0.15, 0.2) is 22.7 Å². The average Bonchev–Trinajstić information content (AvgIpc) is 2.23. The minimum absolute atomic E-state index is 0.474. The molecule has 0 aliphatic heterocycles. The van der Waals surface area contributed by atoms with Crippen molar-refractivity contribution < 1.29 is 9.53 Å². The number of nitrogens with two attached hydrogens (primary N) is 1. The Bertz CT molecular complexity index is 382. The van der Waals surface area contributed by atoms with Gasteiger partial charge in [0.2, 0.25) is 0 Å². The molecule has 5 heteroatoms. The molecule has 4 nitrogen and oxygen atoms in total. The largest absolute Gasteiger partial charge is 0.481 e. The van der Waals surface area contributed by atoms with Crippen molar-refractivity contribution in [2.24, 2.45) is 5.73 Å². The van der Waals surface area contributed by atoms with Gasteiger partial charge in [0, 0.05) is 11.0 Å². The van der Waals surface area contributed by atoms with E-state index in [1.165, 1.54) is 0 Å². The molecule has 3 N–H and O–H groups in total. The van der Waals surface area contributed by atoms with Crippen molar-refractivity contribution in [3.05, 3.63) is 28.2 Å². The van der Waals surface area contributed by atoms with Gasteiger partial charge in [-0.3, -0.25) is 4.79 Å². The number of ether oxygens (including phenoxy) is 1. The van der Waals surface area contributed by atoms with Gasteiger partial charge in [0.05, 0.1) is 0 Å². The summed E-state index contributed by atoms with van der Waals surface area (Å²) in [5.74, 6) is 0.165. The van der Waals surface area contributed by atoms with Crippen molar-refractivity contribution in [2.75, 3.05) is 7.05 Å². The number of hydrogen-bond donors (Lipinski definition) is 2. The molecule has 0 radical (unpaired) electrons. The lowest BCUT2D eigenvalue weighted by Gasteiger charge is -2.13. The SMILES string of the molecule is CNCc1cc(OC(C)C(N)=O)ccc1Br. The Balaban J connectivity index is 2.82.